The lowest BCUT2D eigenvalue weighted by Gasteiger charge is -2.17. The Morgan fingerprint density at radius 1 is 1.70 bits per heavy atom. The van der Waals surface area contributed by atoms with Crippen LogP contribution in [-0.4, -0.2) is 10.9 Å². The number of aliphatic hydroxyl groups is 1. The van der Waals surface area contributed by atoms with Crippen molar-refractivity contribution < 1.29 is 9.90 Å². The van der Waals surface area contributed by atoms with Crippen LogP contribution < -0.4 is 0 Å². The van der Waals surface area contributed by atoms with E-state index < -0.39 is 0 Å². The maximum absolute atomic E-state index is 10.9. The number of ketones is 1. The van der Waals surface area contributed by atoms with Crippen molar-refractivity contribution >= 4 is 5.78 Å². The topological polar surface area (TPSA) is 37.3 Å². The highest BCUT2D eigenvalue weighted by Crippen LogP contribution is 2.28. The molecule has 0 atom stereocenters. The minimum absolute atomic E-state index is 0.0718. The van der Waals surface area contributed by atoms with Gasteiger partial charge in [-0.25, -0.2) is 0 Å². The molecule has 2 nitrogen and oxygen atoms in total. The maximum Gasteiger partial charge on any atom is 0.204 e. The minimum Gasteiger partial charge on any atom is -0.506 e. The van der Waals surface area contributed by atoms with Crippen LogP contribution in [0.1, 0.15) is 13.3 Å². The number of carbonyl (C=O) groups excluding carboxylic acids is 1. The first-order valence-corrected chi connectivity index (χ1v) is 3.09. The maximum atomic E-state index is 10.9. The fourth-order valence-electron chi connectivity index (χ4n) is 0.946. The quantitative estimate of drug-likeness (QED) is 0.438. The van der Waals surface area contributed by atoms with Gasteiger partial charge in [0.1, 0.15) is 11.3 Å². The van der Waals surface area contributed by atoms with Gasteiger partial charge in [0.25, 0.3) is 0 Å². The Balaban J connectivity index is 3.10. The van der Waals surface area contributed by atoms with Crippen LogP contribution in [-0.2, 0) is 4.79 Å². The van der Waals surface area contributed by atoms with E-state index in [1.807, 2.05) is 6.92 Å². The summed E-state index contributed by atoms with van der Waals surface area (Å²) in [4.78, 5) is 10.9. The van der Waals surface area contributed by atoms with Crippen molar-refractivity contribution in [1.29, 1.82) is 0 Å². The van der Waals surface area contributed by atoms with Crippen molar-refractivity contribution in [3.8, 4) is 0 Å². The second kappa shape index (κ2) is 2.16. The zero-order valence-corrected chi connectivity index (χ0v) is 5.77. The van der Waals surface area contributed by atoms with Crippen molar-refractivity contribution in [3.63, 3.8) is 0 Å². The second-order valence-electron chi connectivity index (χ2n) is 2.06. The average molecular weight is 136 g/mol. The van der Waals surface area contributed by atoms with Gasteiger partial charge in [-0.15, -0.1) is 5.73 Å². The van der Waals surface area contributed by atoms with E-state index in [2.05, 4.69) is 12.3 Å². The van der Waals surface area contributed by atoms with E-state index in [0.717, 1.165) is 0 Å². The van der Waals surface area contributed by atoms with Gasteiger partial charge in [0.05, 0.1) is 0 Å². The molecule has 0 spiro atoms. The standard InChI is InChI=1S/C8H8O2/c1-3-5-7(9)6(4-2)8(5)10/h9H,1,4H2,2H3. The molecular formula is C8H8O2. The number of allylic oxidation sites excluding steroid dienone is 2. The highest BCUT2D eigenvalue weighted by Gasteiger charge is 2.31. The lowest BCUT2D eigenvalue weighted by molar-refractivity contribution is -0.114. The molecule has 0 amide bonds. The van der Waals surface area contributed by atoms with Crippen LogP contribution in [0.4, 0.5) is 0 Å². The lowest BCUT2D eigenvalue weighted by atomic mass is 9.87. The molecule has 0 heterocycles. The normalized spacial score (nSPS) is 16.9. The number of rotatable bonds is 1. The summed E-state index contributed by atoms with van der Waals surface area (Å²) in [6, 6.07) is 0. The Bertz CT molecular complexity index is 265. The molecule has 0 aromatic rings. The summed E-state index contributed by atoms with van der Waals surface area (Å²) >= 11 is 0. The van der Waals surface area contributed by atoms with Crippen LogP contribution in [0, 0.1) is 0 Å². The molecule has 0 aromatic carbocycles. The first-order chi connectivity index (χ1) is 4.72. The predicted octanol–water partition coefficient (Wildman–Crippen LogP) is 1.50. The third-order valence-corrected chi connectivity index (χ3v) is 1.55. The molecule has 1 rings (SSSR count). The molecule has 0 aromatic heterocycles. The molecular weight excluding hydrogens is 128 g/mol. The van der Waals surface area contributed by atoms with Crippen LogP contribution in [0.3, 0.4) is 0 Å². The Kier molecular flexibility index (Phi) is 1.48. The van der Waals surface area contributed by atoms with E-state index in [1.54, 1.807) is 0 Å². The van der Waals surface area contributed by atoms with Gasteiger partial charge in [-0.2, -0.15) is 0 Å². The molecule has 0 aliphatic heterocycles. The van der Waals surface area contributed by atoms with Crippen LogP contribution in [0.15, 0.2) is 29.2 Å². The molecule has 0 unspecified atom stereocenters. The molecule has 1 aliphatic carbocycles. The summed E-state index contributed by atoms with van der Waals surface area (Å²) < 4.78 is 0. The fourth-order valence-corrected chi connectivity index (χ4v) is 0.946. The van der Waals surface area contributed by atoms with Gasteiger partial charge in [-0.05, 0) is 6.42 Å². The van der Waals surface area contributed by atoms with Gasteiger partial charge in [-0.1, -0.05) is 13.5 Å². The monoisotopic (exact) mass is 136 g/mol. The zero-order valence-electron chi connectivity index (χ0n) is 5.77. The van der Waals surface area contributed by atoms with Crippen molar-refractivity contribution in [2.45, 2.75) is 13.3 Å². The summed E-state index contributed by atoms with van der Waals surface area (Å²) in [6.07, 6.45) is 0.579. The third-order valence-electron chi connectivity index (χ3n) is 1.55. The molecule has 1 N–H and O–H groups in total. The average Bonchev–Trinajstić information content (AvgIpc) is 1.90. The van der Waals surface area contributed by atoms with Crippen molar-refractivity contribution in [2.24, 2.45) is 0 Å². The van der Waals surface area contributed by atoms with E-state index in [4.69, 9.17) is 5.11 Å². The summed E-state index contributed by atoms with van der Waals surface area (Å²) in [6.45, 7) is 5.10. The zero-order chi connectivity index (χ0) is 7.72. The molecule has 52 valence electrons. The van der Waals surface area contributed by atoms with E-state index in [0.29, 0.717) is 12.0 Å². The Labute approximate surface area is 59.2 Å². The smallest absolute Gasteiger partial charge is 0.204 e. The van der Waals surface area contributed by atoms with Crippen molar-refractivity contribution in [3.05, 3.63) is 29.2 Å². The van der Waals surface area contributed by atoms with Gasteiger partial charge in [0, 0.05) is 5.57 Å². The molecule has 0 fully saturated rings. The second-order valence-corrected chi connectivity index (χ2v) is 2.06. The molecule has 1 aliphatic rings. The van der Waals surface area contributed by atoms with Gasteiger partial charge in [-0.3, -0.25) is 4.79 Å². The van der Waals surface area contributed by atoms with E-state index in [-0.39, 0.29) is 17.1 Å². The Morgan fingerprint density at radius 3 is 2.60 bits per heavy atom. The Morgan fingerprint density at radius 2 is 2.30 bits per heavy atom. The Hall–Kier alpha value is -1.27. The van der Waals surface area contributed by atoms with E-state index >= 15 is 0 Å². The largest absolute Gasteiger partial charge is 0.506 e. The third kappa shape index (κ3) is 0.630. The molecule has 0 saturated heterocycles. The number of carbonyl (C=O) groups is 1. The van der Waals surface area contributed by atoms with Crippen LogP contribution in [0.25, 0.3) is 0 Å². The van der Waals surface area contributed by atoms with Crippen LogP contribution >= 0.6 is 0 Å². The molecule has 0 saturated carbocycles. The lowest BCUT2D eigenvalue weighted by Crippen LogP contribution is -2.20. The molecule has 10 heavy (non-hydrogen) atoms. The van der Waals surface area contributed by atoms with Crippen molar-refractivity contribution in [1.82, 2.24) is 0 Å². The van der Waals surface area contributed by atoms with Gasteiger partial charge >= 0.3 is 0 Å². The first kappa shape index (κ1) is 6.84. The van der Waals surface area contributed by atoms with Gasteiger partial charge < -0.3 is 5.11 Å². The van der Waals surface area contributed by atoms with E-state index in [9.17, 15) is 4.79 Å². The minimum atomic E-state index is -0.116. The van der Waals surface area contributed by atoms with Crippen LogP contribution in [0.5, 0.6) is 0 Å². The van der Waals surface area contributed by atoms with E-state index in [1.165, 1.54) is 0 Å². The molecule has 0 radical (unpaired) electrons. The van der Waals surface area contributed by atoms with Gasteiger partial charge in [0.2, 0.25) is 5.78 Å². The first-order valence-electron chi connectivity index (χ1n) is 3.09. The predicted molar refractivity (Wildman–Crippen MR) is 37.6 cm³/mol. The molecule has 0 bridgehead atoms. The number of Topliss-reactive ketones (excluding diaryl/α,β-unsaturated/α-hetero) is 1. The number of hydrogen-bond donors (Lipinski definition) is 1. The number of hydrogen-bond acceptors (Lipinski definition) is 2. The van der Waals surface area contributed by atoms with Crippen molar-refractivity contribution in [2.75, 3.05) is 0 Å². The summed E-state index contributed by atoms with van der Waals surface area (Å²) in [5.74, 6) is -0.0440. The summed E-state index contributed by atoms with van der Waals surface area (Å²) in [7, 11) is 0. The summed E-state index contributed by atoms with van der Waals surface area (Å²) in [5, 5.41) is 9.06. The molecule has 2 heteroatoms. The summed E-state index contributed by atoms with van der Waals surface area (Å²) in [5.41, 5.74) is 3.10. The number of aliphatic hydroxyl groups excluding tert-OH is 1. The fraction of sp³-hybridized carbons (Fsp3) is 0.250. The highest BCUT2D eigenvalue weighted by atomic mass is 16.3. The van der Waals surface area contributed by atoms with Gasteiger partial charge in [0.15, 0.2) is 0 Å². The SMILES string of the molecule is C=C=C1C(=O)C(CC)=C1O. The highest BCUT2D eigenvalue weighted by molar-refractivity contribution is 6.18. The van der Waals surface area contributed by atoms with Crippen LogP contribution in [0.2, 0.25) is 0 Å².